The highest BCUT2D eigenvalue weighted by molar-refractivity contribution is 5.92. The summed E-state index contributed by atoms with van der Waals surface area (Å²) in [5.74, 6) is 2.72. The van der Waals surface area contributed by atoms with E-state index in [-0.39, 0.29) is 12.4 Å². The Hall–Kier alpha value is -2.31. The van der Waals surface area contributed by atoms with Crippen LogP contribution < -0.4 is 0 Å². The highest BCUT2D eigenvalue weighted by Crippen LogP contribution is 2.44. The summed E-state index contributed by atoms with van der Waals surface area (Å²) < 4.78 is 5.29. The Morgan fingerprint density at radius 2 is 2.05 bits per heavy atom. The van der Waals surface area contributed by atoms with Crippen molar-refractivity contribution in [2.24, 2.45) is 0 Å². The lowest BCUT2D eigenvalue weighted by molar-refractivity contribution is -0.132. The number of carbonyl (C=O) groups excluding carboxylic acids is 1. The van der Waals surface area contributed by atoms with Crippen LogP contribution in [0.15, 0.2) is 47.7 Å². The first-order chi connectivity index (χ1) is 9.61. The number of terminal acetylenes is 1. The van der Waals surface area contributed by atoms with Crippen LogP contribution >= 0.6 is 0 Å². The standard InChI is InChI=1S/C17H14O3/c1-2-8-17(19)10-13-9-15(18)20-16(13)14(11-17)12-6-4-3-5-7-12/h1,3-7,9,19H,8,10-11H2. The minimum atomic E-state index is -1.01. The molecule has 0 amide bonds. The van der Waals surface area contributed by atoms with Crippen molar-refractivity contribution in [3.63, 3.8) is 0 Å². The van der Waals surface area contributed by atoms with Gasteiger partial charge in [-0.25, -0.2) is 4.79 Å². The van der Waals surface area contributed by atoms with Gasteiger partial charge in [-0.2, -0.15) is 0 Å². The fraction of sp³-hybridized carbons (Fsp3) is 0.235. The zero-order valence-corrected chi connectivity index (χ0v) is 10.9. The maximum absolute atomic E-state index is 11.5. The molecule has 1 heterocycles. The molecule has 1 aromatic carbocycles. The second-order valence-electron chi connectivity index (χ2n) is 5.22. The fourth-order valence-corrected chi connectivity index (χ4v) is 2.80. The van der Waals surface area contributed by atoms with Gasteiger partial charge in [-0.15, -0.1) is 12.3 Å². The largest absolute Gasteiger partial charge is 0.423 e. The molecule has 0 bridgehead atoms. The minimum Gasteiger partial charge on any atom is -0.423 e. The summed E-state index contributed by atoms with van der Waals surface area (Å²) >= 11 is 0. The van der Waals surface area contributed by atoms with E-state index in [0.717, 1.165) is 16.7 Å². The van der Waals surface area contributed by atoms with Crippen molar-refractivity contribution < 1.29 is 14.6 Å². The third-order valence-electron chi connectivity index (χ3n) is 3.64. The summed E-state index contributed by atoms with van der Waals surface area (Å²) in [7, 11) is 0. The lowest BCUT2D eigenvalue weighted by Crippen LogP contribution is -2.32. The summed E-state index contributed by atoms with van der Waals surface area (Å²) in [6.45, 7) is 0. The Bertz CT molecular complexity index is 661. The van der Waals surface area contributed by atoms with Crippen LogP contribution in [0, 0.1) is 12.3 Å². The first kappa shape index (κ1) is 12.7. The van der Waals surface area contributed by atoms with Gasteiger partial charge in [0.1, 0.15) is 5.76 Å². The van der Waals surface area contributed by atoms with Crippen LogP contribution in [-0.4, -0.2) is 16.7 Å². The SMILES string of the molecule is C#CCC1(O)CC2=CC(=O)OC2=C(c2ccccc2)C1. The molecule has 3 rings (SSSR count). The summed E-state index contributed by atoms with van der Waals surface area (Å²) in [6, 6.07) is 9.62. The minimum absolute atomic E-state index is 0.252. The van der Waals surface area contributed by atoms with E-state index in [1.807, 2.05) is 30.3 Å². The van der Waals surface area contributed by atoms with Crippen LogP contribution in [0.3, 0.4) is 0 Å². The van der Waals surface area contributed by atoms with E-state index in [2.05, 4.69) is 5.92 Å². The Kier molecular flexibility index (Phi) is 2.96. The molecule has 0 spiro atoms. The van der Waals surface area contributed by atoms with Gasteiger partial charge in [0.05, 0.1) is 5.60 Å². The number of aliphatic hydroxyl groups is 1. The Labute approximate surface area is 117 Å². The average molecular weight is 266 g/mol. The summed E-state index contributed by atoms with van der Waals surface area (Å²) in [6.07, 6.45) is 7.79. The highest BCUT2D eigenvalue weighted by Gasteiger charge is 2.40. The molecule has 1 atom stereocenters. The zero-order chi connectivity index (χ0) is 14.2. The molecule has 20 heavy (non-hydrogen) atoms. The second kappa shape index (κ2) is 4.66. The molecule has 1 unspecified atom stereocenters. The van der Waals surface area contributed by atoms with Crippen molar-refractivity contribution in [1.82, 2.24) is 0 Å². The van der Waals surface area contributed by atoms with Crippen LogP contribution in [0.25, 0.3) is 5.57 Å². The van der Waals surface area contributed by atoms with Crippen molar-refractivity contribution in [1.29, 1.82) is 0 Å². The van der Waals surface area contributed by atoms with Gasteiger partial charge in [-0.3, -0.25) is 0 Å². The molecule has 0 aromatic heterocycles. The van der Waals surface area contributed by atoms with Gasteiger partial charge in [0.15, 0.2) is 0 Å². The topological polar surface area (TPSA) is 46.5 Å². The van der Waals surface area contributed by atoms with E-state index in [9.17, 15) is 9.90 Å². The number of ether oxygens (including phenoxy) is 1. The molecule has 0 saturated carbocycles. The van der Waals surface area contributed by atoms with Crippen molar-refractivity contribution in [2.45, 2.75) is 24.9 Å². The molecule has 1 aromatic rings. The van der Waals surface area contributed by atoms with Gasteiger partial charge >= 0.3 is 5.97 Å². The number of benzene rings is 1. The molecule has 3 heteroatoms. The number of rotatable bonds is 2. The number of hydrogen-bond donors (Lipinski definition) is 1. The third-order valence-corrected chi connectivity index (χ3v) is 3.64. The number of hydrogen-bond acceptors (Lipinski definition) is 3. The van der Waals surface area contributed by atoms with Crippen LogP contribution in [0.5, 0.6) is 0 Å². The summed E-state index contributed by atoms with van der Waals surface area (Å²) in [4.78, 5) is 11.5. The lowest BCUT2D eigenvalue weighted by Gasteiger charge is -2.33. The van der Waals surface area contributed by atoms with Gasteiger partial charge in [0.2, 0.25) is 0 Å². The normalized spacial score (nSPS) is 24.8. The molecular formula is C17H14O3. The molecule has 100 valence electrons. The quantitative estimate of drug-likeness (QED) is 0.660. The summed E-state index contributed by atoms with van der Waals surface area (Å²) in [5, 5.41) is 10.7. The van der Waals surface area contributed by atoms with E-state index in [0.29, 0.717) is 18.6 Å². The Morgan fingerprint density at radius 3 is 2.75 bits per heavy atom. The van der Waals surface area contributed by atoms with Gasteiger partial charge in [0, 0.05) is 36.5 Å². The molecule has 0 saturated heterocycles. The van der Waals surface area contributed by atoms with E-state index in [1.165, 1.54) is 6.08 Å². The summed E-state index contributed by atoms with van der Waals surface area (Å²) in [5.41, 5.74) is 1.51. The van der Waals surface area contributed by atoms with Crippen LogP contribution in [-0.2, 0) is 9.53 Å². The smallest absolute Gasteiger partial charge is 0.336 e. The second-order valence-corrected chi connectivity index (χ2v) is 5.22. The predicted molar refractivity (Wildman–Crippen MR) is 75.2 cm³/mol. The lowest BCUT2D eigenvalue weighted by atomic mass is 9.77. The first-order valence-electron chi connectivity index (χ1n) is 6.48. The van der Waals surface area contributed by atoms with Gasteiger partial charge in [-0.05, 0) is 5.56 Å². The average Bonchev–Trinajstić information content (AvgIpc) is 2.78. The molecular weight excluding hydrogens is 252 g/mol. The van der Waals surface area contributed by atoms with Crippen molar-refractivity contribution >= 4 is 11.5 Å². The molecule has 0 fully saturated rings. The molecule has 2 aliphatic rings. The number of allylic oxidation sites excluding steroid dienone is 1. The van der Waals surface area contributed by atoms with Crippen LogP contribution in [0.4, 0.5) is 0 Å². The molecule has 3 nitrogen and oxygen atoms in total. The van der Waals surface area contributed by atoms with Crippen molar-refractivity contribution in [2.75, 3.05) is 0 Å². The fourth-order valence-electron chi connectivity index (χ4n) is 2.80. The van der Waals surface area contributed by atoms with Crippen LogP contribution in [0.2, 0.25) is 0 Å². The van der Waals surface area contributed by atoms with Crippen LogP contribution in [0.1, 0.15) is 24.8 Å². The Balaban J connectivity index is 2.10. The Morgan fingerprint density at radius 1 is 1.30 bits per heavy atom. The maximum Gasteiger partial charge on any atom is 0.336 e. The van der Waals surface area contributed by atoms with E-state index in [1.54, 1.807) is 0 Å². The molecule has 1 N–H and O–H groups in total. The van der Waals surface area contributed by atoms with Crippen molar-refractivity contribution in [3.8, 4) is 12.3 Å². The molecule has 0 radical (unpaired) electrons. The molecule has 1 aliphatic carbocycles. The van der Waals surface area contributed by atoms with Gasteiger partial charge in [0.25, 0.3) is 0 Å². The van der Waals surface area contributed by atoms with Gasteiger partial charge in [-0.1, -0.05) is 30.3 Å². The third kappa shape index (κ3) is 2.15. The highest BCUT2D eigenvalue weighted by atomic mass is 16.5. The predicted octanol–water partition coefficient (Wildman–Crippen LogP) is 2.43. The van der Waals surface area contributed by atoms with Crippen molar-refractivity contribution in [3.05, 3.63) is 53.3 Å². The number of carbonyl (C=O) groups is 1. The van der Waals surface area contributed by atoms with E-state index in [4.69, 9.17) is 11.2 Å². The van der Waals surface area contributed by atoms with Gasteiger partial charge < -0.3 is 9.84 Å². The van der Waals surface area contributed by atoms with E-state index < -0.39 is 5.60 Å². The maximum atomic E-state index is 11.5. The first-order valence-corrected chi connectivity index (χ1v) is 6.48. The number of fused-ring (bicyclic) bond motifs is 1. The van der Waals surface area contributed by atoms with E-state index >= 15 is 0 Å². The number of esters is 1. The zero-order valence-electron chi connectivity index (χ0n) is 10.9. The monoisotopic (exact) mass is 266 g/mol. The molecule has 1 aliphatic heterocycles.